The van der Waals surface area contributed by atoms with E-state index in [1.807, 2.05) is 0 Å². The molecule has 2 aliphatic heterocycles. The van der Waals surface area contributed by atoms with Crippen molar-refractivity contribution >= 4 is 22.1 Å². The molecule has 10 heteroatoms. The van der Waals surface area contributed by atoms with Crippen molar-refractivity contribution in [1.82, 2.24) is 5.06 Å². The number of hydrogen-bond acceptors (Lipinski definition) is 9. The molecule has 0 aromatic heterocycles. The Morgan fingerprint density at radius 3 is 2.46 bits per heavy atom. The first-order chi connectivity index (χ1) is 12.9. The number of nitrogens with zero attached hydrogens (tertiary/aromatic N) is 1. The van der Waals surface area contributed by atoms with Gasteiger partial charge in [0.1, 0.15) is 12.5 Å². The van der Waals surface area contributed by atoms with Gasteiger partial charge in [0.25, 0.3) is 10.1 Å². The van der Waals surface area contributed by atoms with Gasteiger partial charge in [0.15, 0.2) is 0 Å². The largest absolute Gasteiger partial charge is 0.469 e. The van der Waals surface area contributed by atoms with Gasteiger partial charge in [-0.15, -0.1) is 0 Å². The highest BCUT2D eigenvalue weighted by Crippen LogP contribution is 2.41. The number of fused-ring (bicyclic) bond motifs is 1. The first kappa shape index (κ1) is 23.1. The molecule has 0 N–H and O–H groups in total. The zero-order valence-electron chi connectivity index (χ0n) is 17.2. The van der Waals surface area contributed by atoms with Crippen LogP contribution < -0.4 is 0 Å². The molecule has 2 fully saturated rings. The van der Waals surface area contributed by atoms with Crippen LogP contribution in [0.1, 0.15) is 46.5 Å². The molecule has 0 aliphatic carbocycles. The molecule has 0 spiro atoms. The van der Waals surface area contributed by atoms with Gasteiger partial charge >= 0.3 is 11.9 Å². The minimum atomic E-state index is -3.50. The van der Waals surface area contributed by atoms with Crippen LogP contribution in [-0.4, -0.2) is 70.2 Å². The molecule has 28 heavy (non-hydrogen) atoms. The van der Waals surface area contributed by atoms with E-state index in [0.29, 0.717) is 12.8 Å². The lowest BCUT2D eigenvalue weighted by Crippen LogP contribution is -2.38. The monoisotopic (exact) mass is 421 g/mol. The molecule has 0 unspecified atom stereocenters. The minimum Gasteiger partial charge on any atom is -0.469 e. The average molecular weight is 422 g/mol. The summed E-state index contributed by atoms with van der Waals surface area (Å²) < 4.78 is 37.3. The van der Waals surface area contributed by atoms with E-state index in [1.54, 1.807) is 25.8 Å². The van der Waals surface area contributed by atoms with Crippen molar-refractivity contribution in [2.75, 3.05) is 26.6 Å². The standard InChI is InChI=1S/C18H31NO8S/c1-18(2,3)17(21)25-11-12-8-9-13-15(16(20)24-4)14(27-19(12)13)7-6-10-26-28(5,22)23/h12-15H,6-11H2,1-5H3/t12-,13-,14-,15-/m0/s1. The van der Waals surface area contributed by atoms with Crippen molar-refractivity contribution in [2.45, 2.75) is 64.6 Å². The van der Waals surface area contributed by atoms with Crippen LogP contribution in [0.2, 0.25) is 0 Å². The molecule has 0 amide bonds. The van der Waals surface area contributed by atoms with Gasteiger partial charge in [-0.05, 0) is 46.5 Å². The van der Waals surface area contributed by atoms with E-state index in [9.17, 15) is 18.0 Å². The van der Waals surface area contributed by atoms with Crippen molar-refractivity contribution in [3.63, 3.8) is 0 Å². The second-order valence-corrected chi connectivity index (χ2v) is 10.0. The number of rotatable bonds is 8. The fourth-order valence-electron chi connectivity index (χ4n) is 3.58. The fraction of sp³-hybridized carbons (Fsp3) is 0.889. The number of carbonyl (C=O) groups is 2. The van der Waals surface area contributed by atoms with Crippen molar-refractivity contribution in [1.29, 1.82) is 0 Å². The molecule has 2 heterocycles. The molecule has 0 bridgehead atoms. The van der Waals surface area contributed by atoms with Crippen molar-refractivity contribution in [2.24, 2.45) is 11.3 Å². The number of carbonyl (C=O) groups excluding carboxylic acids is 2. The Morgan fingerprint density at radius 2 is 1.89 bits per heavy atom. The van der Waals surface area contributed by atoms with Gasteiger partial charge in [-0.1, -0.05) is 0 Å². The molecule has 0 saturated carbocycles. The summed E-state index contributed by atoms with van der Waals surface area (Å²) in [6.45, 7) is 5.61. The van der Waals surface area contributed by atoms with Gasteiger partial charge in [0, 0.05) is 0 Å². The molecule has 9 nitrogen and oxygen atoms in total. The van der Waals surface area contributed by atoms with E-state index < -0.39 is 27.6 Å². The summed E-state index contributed by atoms with van der Waals surface area (Å²) in [7, 11) is -2.16. The summed E-state index contributed by atoms with van der Waals surface area (Å²) in [5.74, 6) is -1.10. The Bertz CT molecular complexity index is 672. The highest BCUT2D eigenvalue weighted by Gasteiger charge is 2.53. The van der Waals surface area contributed by atoms with Crippen LogP contribution in [0.4, 0.5) is 0 Å². The van der Waals surface area contributed by atoms with Crippen molar-refractivity contribution < 1.29 is 36.5 Å². The number of esters is 2. The predicted octanol–water partition coefficient (Wildman–Crippen LogP) is 1.27. The summed E-state index contributed by atoms with van der Waals surface area (Å²) in [5, 5.41) is 1.76. The number of methoxy groups -OCH3 is 1. The summed E-state index contributed by atoms with van der Waals surface area (Å²) >= 11 is 0. The molecule has 0 aromatic carbocycles. The Morgan fingerprint density at radius 1 is 1.21 bits per heavy atom. The van der Waals surface area contributed by atoms with Gasteiger partial charge < -0.3 is 9.47 Å². The van der Waals surface area contributed by atoms with Gasteiger partial charge in [0.05, 0.1) is 43.6 Å². The van der Waals surface area contributed by atoms with Crippen LogP contribution in [0.25, 0.3) is 0 Å². The van der Waals surface area contributed by atoms with E-state index >= 15 is 0 Å². The minimum absolute atomic E-state index is 0.0316. The highest BCUT2D eigenvalue weighted by molar-refractivity contribution is 7.85. The molecule has 0 radical (unpaired) electrons. The normalized spacial score (nSPS) is 28.2. The zero-order chi connectivity index (χ0) is 21.1. The van der Waals surface area contributed by atoms with Gasteiger partial charge in [0.2, 0.25) is 0 Å². The van der Waals surface area contributed by atoms with E-state index in [1.165, 1.54) is 7.11 Å². The van der Waals surface area contributed by atoms with Crippen molar-refractivity contribution in [3.8, 4) is 0 Å². The molecular formula is C18H31NO8S. The van der Waals surface area contributed by atoms with E-state index in [4.69, 9.17) is 18.5 Å². The molecular weight excluding hydrogens is 390 g/mol. The second kappa shape index (κ2) is 9.06. The van der Waals surface area contributed by atoms with E-state index in [0.717, 1.165) is 19.1 Å². The van der Waals surface area contributed by atoms with Crippen LogP contribution in [0, 0.1) is 11.3 Å². The second-order valence-electron chi connectivity index (χ2n) is 8.37. The maximum absolute atomic E-state index is 12.3. The average Bonchev–Trinajstić information content (AvgIpc) is 3.13. The molecule has 2 aliphatic rings. The number of ether oxygens (including phenoxy) is 2. The lowest BCUT2D eigenvalue weighted by molar-refractivity contribution is -0.189. The van der Waals surface area contributed by atoms with Crippen LogP contribution >= 0.6 is 0 Å². The molecule has 2 rings (SSSR count). The van der Waals surface area contributed by atoms with Crippen molar-refractivity contribution in [3.05, 3.63) is 0 Å². The first-order valence-electron chi connectivity index (χ1n) is 9.48. The lowest BCUT2D eigenvalue weighted by Gasteiger charge is -2.24. The smallest absolute Gasteiger partial charge is 0.313 e. The fourth-order valence-corrected chi connectivity index (χ4v) is 4.00. The quantitative estimate of drug-likeness (QED) is 0.325. The maximum Gasteiger partial charge on any atom is 0.313 e. The van der Waals surface area contributed by atoms with Crippen LogP contribution in [-0.2, 0) is 38.2 Å². The zero-order valence-corrected chi connectivity index (χ0v) is 18.0. The Labute approximate surface area is 166 Å². The maximum atomic E-state index is 12.3. The Hall–Kier alpha value is -1.23. The predicted molar refractivity (Wildman–Crippen MR) is 99.5 cm³/mol. The lowest BCUT2D eigenvalue weighted by atomic mass is 9.91. The Balaban J connectivity index is 1.97. The van der Waals surface area contributed by atoms with E-state index in [-0.39, 0.29) is 37.2 Å². The summed E-state index contributed by atoms with van der Waals surface area (Å²) in [6.07, 6.45) is 2.93. The number of hydrogen-bond donors (Lipinski definition) is 0. The molecule has 162 valence electrons. The molecule has 2 saturated heterocycles. The third-order valence-electron chi connectivity index (χ3n) is 4.98. The van der Waals surface area contributed by atoms with Gasteiger partial charge in [-0.25, -0.2) is 0 Å². The first-order valence-corrected chi connectivity index (χ1v) is 11.3. The number of hydroxylamine groups is 2. The summed E-state index contributed by atoms with van der Waals surface area (Å²) in [5.41, 5.74) is -0.583. The third-order valence-corrected chi connectivity index (χ3v) is 5.57. The Kier molecular flexibility index (Phi) is 7.46. The highest BCUT2D eigenvalue weighted by atomic mass is 32.2. The van der Waals surface area contributed by atoms with Crippen LogP contribution in [0.15, 0.2) is 0 Å². The van der Waals surface area contributed by atoms with Gasteiger partial charge in [-0.3, -0.25) is 18.6 Å². The van der Waals surface area contributed by atoms with Crippen LogP contribution in [0.5, 0.6) is 0 Å². The molecule has 4 atom stereocenters. The summed E-state index contributed by atoms with van der Waals surface area (Å²) in [4.78, 5) is 30.4. The van der Waals surface area contributed by atoms with Crippen LogP contribution in [0.3, 0.4) is 0 Å². The van der Waals surface area contributed by atoms with Gasteiger partial charge in [-0.2, -0.15) is 13.5 Å². The SMILES string of the molecule is COC(=O)[C@@H]1[C@H](CCCOS(C)(=O)=O)ON2[C@H](COC(=O)C(C)(C)C)CC[C@@H]12. The topological polar surface area (TPSA) is 108 Å². The van der Waals surface area contributed by atoms with E-state index in [2.05, 4.69) is 0 Å². The third kappa shape index (κ3) is 5.88. The summed E-state index contributed by atoms with van der Waals surface area (Å²) in [6, 6.07) is -0.271. The molecule has 0 aromatic rings.